The van der Waals surface area contributed by atoms with Gasteiger partial charge in [0.25, 0.3) is 5.56 Å². The van der Waals surface area contributed by atoms with Gasteiger partial charge < -0.3 is 10.6 Å². The first-order valence-electron chi connectivity index (χ1n) is 11.8. The van der Waals surface area contributed by atoms with Crippen LogP contribution in [0.3, 0.4) is 0 Å². The summed E-state index contributed by atoms with van der Waals surface area (Å²) in [4.78, 5) is 27.5. The van der Waals surface area contributed by atoms with Crippen LogP contribution in [0.25, 0.3) is 16.9 Å². The average Bonchev–Trinajstić information content (AvgIpc) is 3.77. The van der Waals surface area contributed by atoms with E-state index in [1.165, 1.54) is 24.0 Å². The SMILES string of the molecule is O=c1c2cnc(Nc3ccc4c(c3)CNCC4)nc2n(-c2cccc(C3CC3)n2)n1C1CC1. The summed E-state index contributed by atoms with van der Waals surface area (Å²) in [5, 5.41) is 7.29. The second-order valence-electron chi connectivity index (χ2n) is 9.35. The maximum atomic E-state index is 13.3. The van der Waals surface area contributed by atoms with Gasteiger partial charge in [0.2, 0.25) is 5.95 Å². The summed E-state index contributed by atoms with van der Waals surface area (Å²) in [6.07, 6.45) is 7.06. The number of aromatic nitrogens is 5. The van der Waals surface area contributed by atoms with Crippen LogP contribution in [-0.4, -0.2) is 30.9 Å². The van der Waals surface area contributed by atoms with Crippen molar-refractivity contribution in [2.75, 3.05) is 11.9 Å². The lowest BCUT2D eigenvalue weighted by Crippen LogP contribution is -2.23. The Hall–Kier alpha value is -3.52. The monoisotopic (exact) mass is 439 g/mol. The molecule has 0 amide bonds. The number of rotatable bonds is 5. The summed E-state index contributed by atoms with van der Waals surface area (Å²) in [7, 11) is 0. The molecular weight excluding hydrogens is 414 g/mol. The van der Waals surface area contributed by atoms with E-state index < -0.39 is 0 Å². The predicted octanol–water partition coefficient (Wildman–Crippen LogP) is 3.58. The molecule has 0 spiro atoms. The van der Waals surface area contributed by atoms with Crippen LogP contribution in [0.2, 0.25) is 0 Å². The Morgan fingerprint density at radius 3 is 2.79 bits per heavy atom. The van der Waals surface area contributed by atoms with Crippen LogP contribution in [0.1, 0.15) is 54.5 Å². The van der Waals surface area contributed by atoms with E-state index in [0.717, 1.165) is 49.6 Å². The quantitative estimate of drug-likeness (QED) is 0.494. The van der Waals surface area contributed by atoms with Crippen LogP contribution in [0, 0.1) is 0 Å². The third kappa shape index (κ3) is 3.33. The second-order valence-corrected chi connectivity index (χ2v) is 9.35. The van der Waals surface area contributed by atoms with Gasteiger partial charge in [0, 0.05) is 30.0 Å². The molecule has 0 radical (unpaired) electrons. The molecular formula is C25H25N7O. The molecule has 7 rings (SSSR count). The summed E-state index contributed by atoms with van der Waals surface area (Å²) < 4.78 is 3.73. The molecule has 4 aromatic rings. The molecule has 0 bridgehead atoms. The van der Waals surface area contributed by atoms with Crippen molar-refractivity contribution in [2.24, 2.45) is 0 Å². The largest absolute Gasteiger partial charge is 0.324 e. The topological polar surface area (TPSA) is 89.7 Å². The van der Waals surface area contributed by atoms with Crippen LogP contribution in [0.4, 0.5) is 11.6 Å². The first-order valence-corrected chi connectivity index (χ1v) is 11.8. The fraction of sp³-hybridized carbons (Fsp3) is 0.360. The molecule has 0 atom stereocenters. The minimum atomic E-state index is -0.0440. The predicted molar refractivity (Wildman–Crippen MR) is 126 cm³/mol. The third-order valence-corrected chi connectivity index (χ3v) is 6.83. The molecule has 4 heterocycles. The van der Waals surface area contributed by atoms with Crippen molar-refractivity contribution in [3.63, 3.8) is 0 Å². The third-order valence-electron chi connectivity index (χ3n) is 6.83. The Bertz CT molecular complexity index is 1450. The molecule has 1 aliphatic heterocycles. The number of benzene rings is 1. The lowest BCUT2D eigenvalue weighted by Gasteiger charge is -2.18. The van der Waals surface area contributed by atoms with Gasteiger partial charge >= 0.3 is 0 Å². The highest BCUT2D eigenvalue weighted by Gasteiger charge is 2.32. The van der Waals surface area contributed by atoms with Crippen molar-refractivity contribution in [3.05, 3.63) is 69.8 Å². The fourth-order valence-electron chi connectivity index (χ4n) is 4.78. The van der Waals surface area contributed by atoms with Crippen molar-refractivity contribution in [2.45, 2.75) is 50.6 Å². The summed E-state index contributed by atoms with van der Waals surface area (Å²) in [6, 6.07) is 12.7. The number of anilines is 2. The number of hydrogen-bond donors (Lipinski definition) is 2. The molecule has 2 aliphatic carbocycles. The Morgan fingerprint density at radius 2 is 1.94 bits per heavy atom. The Labute approximate surface area is 190 Å². The molecule has 8 nitrogen and oxygen atoms in total. The van der Waals surface area contributed by atoms with E-state index in [2.05, 4.69) is 39.9 Å². The molecule has 1 aromatic carbocycles. The van der Waals surface area contributed by atoms with Gasteiger partial charge in [0.15, 0.2) is 11.5 Å². The van der Waals surface area contributed by atoms with Gasteiger partial charge in [-0.15, -0.1) is 0 Å². The van der Waals surface area contributed by atoms with Gasteiger partial charge in [-0.25, -0.2) is 19.3 Å². The first-order chi connectivity index (χ1) is 16.2. The Kier molecular flexibility index (Phi) is 4.17. The minimum absolute atomic E-state index is 0.0440. The van der Waals surface area contributed by atoms with Gasteiger partial charge in [0.05, 0.1) is 6.04 Å². The van der Waals surface area contributed by atoms with Crippen LogP contribution in [0.15, 0.2) is 47.4 Å². The highest BCUT2D eigenvalue weighted by Crippen LogP contribution is 2.40. The van der Waals surface area contributed by atoms with Gasteiger partial charge in [-0.05, 0) is 74.0 Å². The maximum Gasteiger partial charge on any atom is 0.278 e. The fourth-order valence-corrected chi connectivity index (χ4v) is 4.78. The van der Waals surface area contributed by atoms with Crippen molar-refractivity contribution in [1.82, 2.24) is 29.6 Å². The summed E-state index contributed by atoms with van der Waals surface area (Å²) in [5.41, 5.74) is 5.28. The van der Waals surface area contributed by atoms with Crippen molar-refractivity contribution >= 4 is 22.7 Å². The Balaban J connectivity index is 1.33. The lowest BCUT2D eigenvalue weighted by atomic mass is 10.0. The smallest absolute Gasteiger partial charge is 0.278 e. The van der Waals surface area contributed by atoms with E-state index in [-0.39, 0.29) is 11.6 Å². The van der Waals surface area contributed by atoms with Gasteiger partial charge in [-0.3, -0.25) is 4.79 Å². The number of pyridine rings is 1. The first kappa shape index (κ1) is 19.0. The highest BCUT2D eigenvalue weighted by molar-refractivity contribution is 5.77. The molecule has 2 fully saturated rings. The van der Waals surface area contributed by atoms with Crippen molar-refractivity contribution in [3.8, 4) is 5.82 Å². The average molecular weight is 440 g/mol. The summed E-state index contributed by atoms with van der Waals surface area (Å²) in [5.74, 6) is 1.77. The molecule has 33 heavy (non-hydrogen) atoms. The van der Waals surface area contributed by atoms with Crippen LogP contribution < -0.4 is 16.2 Å². The van der Waals surface area contributed by atoms with E-state index in [9.17, 15) is 4.79 Å². The van der Waals surface area contributed by atoms with E-state index in [1.54, 1.807) is 6.20 Å². The highest BCUT2D eigenvalue weighted by atomic mass is 16.1. The number of nitrogens with zero attached hydrogens (tertiary/aromatic N) is 5. The molecule has 0 saturated heterocycles. The number of nitrogens with one attached hydrogen (secondary N) is 2. The van der Waals surface area contributed by atoms with Gasteiger partial charge in [-0.1, -0.05) is 12.1 Å². The van der Waals surface area contributed by atoms with Crippen molar-refractivity contribution < 1.29 is 0 Å². The Morgan fingerprint density at radius 1 is 1.03 bits per heavy atom. The van der Waals surface area contributed by atoms with Crippen LogP contribution in [0.5, 0.6) is 0 Å². The maximum absolute atomic E-state index is 13.3. The zero-order chi connectivity index (χ0) is 21.9. The standard InChI is InChI=1S/C25H25N7O/c33-24-20-14-27-25(28-18-7-6-15-10-11-26-13-17(15)12-18)30-23(20)32(31(24)19-8-9-19)22-3-1-2-21(29-22)16-4-5-16/h1-3,6-7,12,14,16,19,26H,4-5,8-11,13H2,(H,27,28,30). The van der Waals surface area contributed by atoms with Gasteiger partial charge in [0.1, 0.15) is 5.39 Å². The molecule has 8 heteroatoms. The van der Waals surface area contributed by atoms with Gasteiger partial charge in [-0.2, -0.15) is 4.98 Å². The second kappa shape index (κ2) is 7.25. The number of fused-ring (bicyclic) bond motifs is 2. The molecule has 0 unspecified atom stereocenters. The lowest BCUT2D eigenvalue weighted by molar-refractivity contribution is 0.552. The van der Waals surface area contributed by atoms with Crippen molar-refractivity contribution in [1.29, 1.82) is 0 Å². The van der Waals surface area contributed by atoms with E-state index in [0.29, 0.717) is 22.9 Å². The zero-order valence-corrected chi connectivity index (χ0v) is 18.3. The molecule has 3 aromatic heterocycles. The molecule has 3 aliphatic rings. The summed E-state index contributed by atoms with van der Waals surface area (Å²) >= 11 is 0. The van der Waals surface area contributed by atoms with E-state index in [4.69, 9.17) is 9.97 Å². The summed E-state index contributed by atoms with van der Waals surface area (Å²) in [6.45, 7) is 1.89. The van der Waals surface area contributed by atoms with E-state index in [1.807, 2.05) is 21.5 Å². The molecule has 166 valence electrons. The molecule has 2 saturated carbocycles. The van der Waals surface area contributed by atoms with E-state index >= 15 is 0 Å². The van der Waals surface area contributed by atoms with Crippen LogP contribution in [-0.2, 0) is 13.0 Å². The van der Waals surface area contributed by atoms with Crippen LogP contribution >= 0.6 is 0 Å². The zero-order valence-electron chi connectivity index (χ0n) is 18.3. The number of hydrogen-bond acceptors (Lipinski definition) is 6. The minimum Gasteiger partial charge on any atom is -0.324 e. The normalized spacial score (nSPS) is 17.8. The molecule has 2 N–H and O–H groups in total.